The largest absolute Gasteiger partial charge is 0.459 e. The summed E-state index contributed by atoms with van der Waals surface area (Å²) in [5.41, 5.74) is 0.167. The number of nitrogens with zero attached hydrogens (tertiary/aromatic N) is 3. The van der Waals surface area contributed by atoms with Crippen molar-refractivity contribution < 1.29 is 9.53 Å². The minimum Gasteiger partial charge on any atom is -0.459 e. The van der Waals surface area contributed by atoms with Gasteiger partial charge in [-0.05, 0) is 12.1 Å². The highest BCUT2D eigenvalue weighted by atomic mass is 32.2. The molecule has 8 heteroatoms. The zero-order chi connectivity index (χ0) is 17.8. The summed E-state index contributed by atoms with van der Waals surface area (Å²) >= 11 is 2.78. The van der Waals surface area contributed by atoms with E-state index in [0.29, 0.717) is 10.7 Å². The smallest absolute Gasteiger partial charge is 0.316 e. The fourth-order valence-electron chi connectivity index (χ4n) is 2.03. The molecule has 0 atom stereocenters. The quantitative estimate of drug-likeness (QED) is 0.487. The summed E-state index contributed by atoms with van der Waals surface area (Å²) in [7, 11) is 0. The molecule has 0 saturated heterocycles. The summed E-state index contributed by atoms with van der Waals surface area (Å²) in [5, 5.41) is 5.11. The second-order valence-corrected chi connectivity index (χ2v) is 7.67. The second kappa shape index (κ2) is 7.79. The number of thioether (sulfide) groups is 1. The third kappa shape index (κ3) is 4.46. The predicted octanol–water partition coefficient (Wildman–Crippen LogP) is 3.11. The zero-order valence-electron chi connectivity index (χ0n) is 13.8. The van der Waals surface area contributed by atoms with E-state index in [1.807, 2.05) is 44.2 Å². The number of esters is 1. The van der Waals surface area contributed by atoms with Gasteiger partial charge in [-0.2, -0.15) is 9.61 Å². The highest BCUT2D eigenvalue weighted by Gasteiger charge is 2.12. The molecular formula is C17H17N3O3S2. The summed E-state index contributed by atoms with van der Waals surface area (Å²) in [6, 6.07) is 11.0. The Labute approximate surface area is 152 Å². The number of rotatable bonds is 6. The standard InChI is InChI=1S/C17H17N3O3S2/c1-11(2)16-19-20-14(21)8-12(18-17(20)25-16)9-23-15(22)10-24-13-6-4-3-5-7-13/h3-8,11H,9-10H2,1-2H3. The van der Waals surface area contributed by atoms with Crippen molar-refractivity contribution in [2.24, 2.45) is 0 Å². The van der Waals surface area contributed by atoms with Crippen molar-refractivity contribution >= 4 is 34.0 Å². The summed E-state index contributed by atoms with van der Waals surface area (Å²) < 4.78 is 6.51. The van der Waals surface area contributed by atoms with Crippen molar-refractivity contribution in [2.75, 3.05) is 5.75 Å². The first-order valence-electron chi connectivity index (χ1n) is 7.76. The van der Waals surface area contributed by atoms with Crippen LogP contribution in [0.25, 0.3) is 4.96 Å². The molecule has 0 unspecified atom stereocenters. The van der Waals surface area contributed by atoms with E-state index in [9.17, 15) is 9.59 Å². The van der Waals surface area contributed by atoms with Gasteiger partial charge in [-0.15, -0.1) is 11.8 Å². The first-order valence-corrected chi connectivity index (χ1v) is 9.56. The van der Waals surface area contributed by atoms with Gasteiger partial charge in [-0.25, -0.2) is 4.98 Å². The maximum atomic E-state index is 12.1. The van der Waals surface area contributed by atoms with Crippen LogP contribution < -0.4 is 5.56 Å². The molecule has 3 aromatic rings. The third-order valence-electron chi connectivity index (χ3n) is 3.29. The molecule has 3 rings (SSSR count). The molecule has 0 N–H and O–H groups in total. The molecule has 0 radical (unpaired) electrons. The van der Waals surface area contributed by atoms with Gasteiger partial charge in [0.2, 0.25) is 4.96 Å². The molecular weight excluding hydrogens is 358 g/mol. The SMILES string of the molecule is CC(C)c1nn2c(=O)cc(COC(=O)CSc3ccccc3)nc2s1. The van der Waals surface area contributed by atoms with E-state index in [1.165, 1.54) is 33.7 Å². The van der Waals surface area contributed by atoms with Crippen LogP contribution in [-0.2, 0) is 16.1 Å². The van der Waals surface area contributed by atoms with Gasteiger partial charge < -0.3 is 4.74 Å². The molecule has 2 aromatic heterocycles. The van der Waals surface area contributed by atoms with Crippen molar-refractivity contribution in [3.05, 3.63) is 57.5 Å². The van der Waals surface area contributed by atoms with Crippen molar-refractivity contribution in [3.63, 3.8) is 0 Å². The monoisotopic (exact) mass is 375 g/mol. The second-order valence-electron chi connectivity index (χ2n) is 5.64. The van der Waals surface area contributed by atoms with Crippen LogP contribution in [0.4, 0.5) is 0 Å². The van der Waals surface area contributed by atoms with Crippen molar-refractivity contribution in [1.82, 2.24) is 14.6 Å². The van der Waals surface area contributed by atoms with Gasteiger partial charge in [0, 0.05) is 16.9 Å². The minimum absolute atomic E-state index is 0.0190. The third-order valence-corrected chi connectivity index (χ3v) is 5.48. The van der Waals surface area contributed by atoms with Gasteiger partial charge >= 0.3 is 5.97 Å². The lowest BCUT2D eigenvalue weighted by Gasteiger charge is -2.04. The lowest BCUT2D eigenvalue weighted by atomic mass is 10.2. The lowest BCUT2D eigenvalue weighted by Crippen LogP contribution is -2.17. The van der Waals surface area contributed by atoms with Crippen LogP contribution >= 0.6 is 23.1 Å². The van der Waals surface area contributed by atoms with Gasteiger partial charge in [0.15, 0.2) is 0 Å². The van der Waals surface area contributed by atoms with Crippen LogP contribution in [0.3, 0.4) is 0 Å². The zero-order valence-corrected chi connectivity index (χ0v) is 15.5. The molecule has 0 fully saturated rings. The van der Waals surface area contributed by atoms with Crippen LogP contribution in [0.15, 0.2) is 46.1 Å². The van der Waals surface area contributed by atoms with Crippen LogP contribution in [-0.4, -0.2) is 26.3 Å². The molecule has 0 saturated carbocycles. The Morgan fingerprint density at radius 3 is 2.80 bits per heavy atom. The predicted molar refractivity (Wildman–Crippen MR) is 98.2 cm³/mol. The summed E-state index contributed by atoms with van der Waals surface area (Å²) in [6.45, 7) is 4.00. The van der Waals surface area contributed by atoms with Gasteiger partial charge in [0.05, 0.1) is 11.4 Å². The lowest BCUT2D eigenvalue weighted by molar-refractivity contribution is -0.141. The van der Waals surface area contributed by atoms with Gasteiger partial charge in [-0.3, -0.25) is 9.59 Å². The van der Waals surface area contributed by atoms with Crippen LogP contribution in [0.1, 0.15) is 30.5 Å². The maximum absolute atomic E-state index is 12.1. The van der Waals surface area contributed by atoms with E-state index in [0.717, 1.165) is 9.90 Å². The first-order chi connectivity index (χ1) is 12.0. The Morgan fingerprint density at radius 2 is 2.08 bits per heavy atom. The molecule has 0 amide bonds. The molecule has 0 spiro atoms. The number of fused-ring (bicyclic) bond motifs is 1. The minimum atomic E-state index is -0.344. The first kappa shape index (κ1) is 17.6. The van der Waals surface area contributed by atoms with E-state index < -0.39 is 0 Å². The molecule has 0 aliphatic heterocycles. The van der Waals surface area contributed by atoms with E-state index in [1.54, 1.807) is 0 Å². The Kier molecular flexibility index (Phi) is 5.50. The van der Waals surface area contributed by atoms with Crippen molar-refractivity contribution in [1.29, 1.82) is 0 Å². The van der Waals surface area contributed by atoms with Gasteiger partial charge in [-0.1, -0.05) is 43.4 Å². The highest BCUT2D eigenvalue weighted by Crippen LogP contribution is 2.20. The molecule has 0 aliphatic carbocycles. The maximum Gasteiger partial charge on any atom is 0.316 e. The van der Waals surface area contributed by atoms with Crippen LogP contribution in [0.5, 0.6) is 0 Å². The Bertz CT molecular complexity index is 935. The van der Waals surface area contributed by atoms with Crippen LogP contribution in [0, 0.1) is 0 Å². The Morgan fingerprint density at radius 1 is 1.32 bits per heavy atom. The normalized spacial score (nSPS) is 11.2. The molecule has 6 nitrogen and oxygen atoms in total. The molecule has 130 valence electrons. The molecule has 0 aliphatic rings. The summed E-state index contributed by atoms with van der Waals surface area (Å²) in [6.07, 6.45) is 0. The number of hydrogen-bond acceptors (Lipinski definition) is 7. The molecule has 2 heterocycles. The van der Waals surface area contributed by atoms with E-state index in [4.69, 9.17) is 4.74 Å². The number of carbonyl (C=O) groups is 1. The fourth-order valence-corrected chi connectivity index (χ4v) is 3.68. The van der Waals surface area contributed by atoms with Crippen molar-refractivity contribution in [2.45, 2.75) is 31.3 Å². The summed E-state index contributed by atoms with van der Waals surface area (Å²) in [5.74, 6) is 0.0916. The highest BCUT2D eigenvalue weighted by molar-refractivity contribution is 8.00. The molecule has 25 heavy (non-hydrogen) atoms. The topological polar surface area (TPSA) is 73.6 Å². The van der Waals surface area contributed by atoms with E-state index in [-0.39, 0.29) is 29.8 Å². The number of ether oxygens (including phenoxy) is 1. The van der Waals surface area contributed by atoms with E-state index >= 15 is 0 Å². The van der Waals surface area contributed by atoms with Gasteiger partial charge in [0.25, 0.3) is 5.56 Å². The number of carbonyl (C=O) groups excluding carboxylic acids is 1. The number of benzene rings is 1. The molecule has 0 bridgehead atoms. The Hall–Kier alpha value is -2.19. The summed E-state index contributed by atoms with van der Waals surface area (Å²) in [4.78, 5) is 29.9. The van der Waals surface area contributed by atoms with Crippen LogP contribution in [0.2, 0.25) is 0 Å². The Balaban J connectivity index is 1.62. The van der Waals surface area contributed by atoms with Crippen molar-refractivity contribution in [3.8, 4) is 0 Å². The number of aromatic nitrogens is 3. The average molecular weight is 375 g/mol. The molecule has 1 aromatic carbocycles. The number of hydrogen-bond donors (Lipinski definition) is 0. The van der Waals surface area contributed by atoms with Gasteiger partial charge in [0.1, 0.15) is 11.6 Å². The average Bonchev–Trinajstić information content (AvgIpc) is 3.04. The van der Waals surface area contributed by atoms with E-state index in [2.05, 4.69) is 10.1 Å². The fraction of sp³-hybridized carbons (Fsp3) is 0.294.